The maximum Gasteiger partial charge on any atom is 0.240 e. The van der Waals surface area contributed by atoms with E-state index in [4.69, 9.17) is 5.84 Å². The smallest absolute Gasteiger partial charge is 0.240 e. The highest BCUT2D eigenvalue weighted by atomic mass is 32.2. The summed E-state index contributed by atoms with van der Waals surface area (Å²) in [6.07, 6.45) is 6.44. The van der Waals surface area contributed by atoms with Gasteiger partial charge in [0.25, 0.3) is 0 Å². The van der Waals surface area contributed by atoms with Crippen molar-refractivity contribution >= 4 is 27.6 Å². The molecular weight excluding hydrogens is 284 g/mol. The number of aromatic nitrogens is 1. The predicted molar refractivity (Wildman–Crippen MR) is 79.5 cm³/mol. The van der Waals surface area contributed by atoms with Crippen molar-refractivity contribution in [1.82, 2.24) is 9.71 Å². The van der Waals surface area contributed by atoms with Gasteiger partial charge in [0.2, 0.25) is 10.0 Å². The van der Waals surface area contributed by atoms with Gasteiger partial charge < -0.3 is 5.43 Å². The molecule has 108 valence electrons. The second-order valence-electron chi connectivity index (χ2n) is 3.97. The maximum atomic E-state index is 12.0. The van der Waals surface area contributed by atoms with E-state index in [0.717, 1.165) is 25.0 Å². The van der Waals surface area contributed by atoms with E-state index < -0.39 is 10.0 Å². The van der Waals surface area contributed by atoms with E-state index in [2.05, 4.69) is 21.4 Å². The van der Waals surface area contributed by atoms with Gasteiger partial charge in [-0.3, -0.25) is 0 Å². The van der Waals surface area contributed by atoms with E-state index in [9.17, 15) is 8.42 Å². The summed E-state index contributed by atoms with van der Waals surface area (Å²) in [7, 11) is -3.48. The van der Waals surface area contributed by atoms with Gasteiger partial charge in [-0.05, 0) is 30.9 Å². The zero-order chi connectivity index (χ0) is 14.1. The maximum absolute atomic E-state index is 12.0. The highest BCUT2D eigenvalue weighted by Crippen LogP contribution is 2.11. The number of nitrogens with zero attached hydrogens (tertiary/aromatic N) is 1. The summed E-state index contributed by atoms with van der Waals surface area (Å²) >= 11 is 1.80. The summed E-state index contributed by atoms with van der Waals surface area (Å²) in [6, 6.07) is 2.84. The third kappa shape index (κ3) is 5.77. The molecule has 0 aromatic carbocycles. The second kappa shape index (κ2) is 8.36. The van der Waals surface area contributed by atoms with Gasteiger partial charge in [-0.2, -0.15) is 11.8 Å². The molecule has 1 aromatic rings. The molecule has 6 nitrogen and oxygen atoms in total. The zero-order valence-corrected chi connectivity index (χ0v) is 12.6. The molecule has 4 N–H and O–H groups in total. The van der Waals surface area contributed by atoms with Crippen LogP contribution in [0.2, 0.25) is 0 Å². The van der Waals surface area contributed by atoms with Gasteiger partial charge in [-0.15, -0.1) is 0 Å². The van der Waals surface area contributed by atoms with Crippen LogP contribution in [0.4, 0.5) is 5.82 Å². The number of unbranched alkanes of at least 4 members (excludes halogenated alkanes) is 2. The molecule has 0 unspecified atom stereocenters. The molecule has 0 amide bonds. The van der Waals surface area contributed by atoms with Crippen LogP contribution >= 0.6 is 11.8 Å². The number of nitrogens with one attached hydrogen (secondary N) is 2. The first-order chi connectivity index (χ1) is 9.10. The first-order valence-electron chi connectivity index (χ1n) is 6.01. The van der Waals surface area contributed by atoms with Crippen LogP contribution in [-0.2, 0) is 10.0 Å². The average Bonchev–Trinajstić information content (AvgIpc) is 2.43. The average molecular weight is 304 g/mol. The standard InChI is InChI=1S/C11H20N4O2S2/c1-18-8-4-2-3-6-14-19(16,17)10-5-7-13-11(9-10)15-12/h5,7,9,14H,2-4,6,8,12H2,1H3,(H,13,15). The number of pyridine rings is 1. The van der Waals surface area contributed by atoms with Crippen molar-refractivity contribution in [3.05, 3.63) is 18.3 Å². The van der Waals surface area contributed by atoms with E-state index in [1.807, 2.05) is 0 Å². The van der Waals surface area contributed by atoms with Crippen molar-refractivity contribution < 1.29 is 8.42 Å². The van der Waals surface area contributed by atoms with Gasteiger partial charge in [0.1, 0.15) is 5.82 Å². The van der Waals surface area contributed by atoms with E-state index in [1.165, 1.54) is 18.3 Å². The van der Waals surface area contributed by atoms with E-state index in [1.54, 1.807) is 11.8 Å². The lowest BCUT2D eigenvalue weighted by Crippen LogP contribution is -2.25. The molecule has 0 spiro atoms. The summed E-state index contributed by atoms with van der Waals surface area (Å²) in [5, 5.41) is 0. The monoisotopic (exact) mass is 304 g/mol. The lowest BCUT2D eigenvalue weighted by atomic mass is 10.2. The van der Waals surface area contributed by atoms with Gasteiger partial charge in [0, 0.05) is 18.8 Å². The molecule has 0 atom stereocenters. The SMILES string of the molecule is CSCCCCCNS(=O)(=O)c1ccnc(NN)c1. The molecule has 0 radical (unpaired) electrons. The van der Waals surface area contributed by atoms with Crippen molar-refractivity contribution in [3.63, 3.8) is 0 Å². The van der Waals surface area contributed by atoms with Gasteiger partial charge in [0.05, 0.1) is 4.90 Å². The molecule has 1 rings (SSSR count). The fourth-order valence-corrected chi connectivity index (χ4v) is 3.07. The van der Waals surface area contributed by atoms with Gasteiger partial charge in [-0.1, -0.05) is 6.42 Å². The Morgan fingerprint density at radius 3 is 2.84 bits per heavy atom. The first-order valence-corrected chi connectivity index (χ1v) is 8.89. The van der Waals surface area contributed by atoms with Crippen LogP contribution in [0.5, 0.6) is 0 Å². The minimum absolute atomic E-state index is 0.166. The number of anilines is 1. The number of nitrogen functional groups attached to an aromatic ring is 1. The molecule has 0 aliphatic carbocycles. The van der Waals surface area contributed by atoms with Crippen molar-refractivity contribution in [3.8, 4) is 0 Å². The molecule has 8 heteroatoms. The molecule has 19 heavy (non-hydrogen) atoms. The molecule has 1 aromatic heterocycles. The predicted octanol–water partition coefficient (Wildman–Crippen LogP) is 1.18. The minimum atomic E-state index is -3.48. The van der Waals surface area contributed by atoms with Crippen LogP contribution in [-0.4, -0.2) is 32.0 Å². The number of hydrogen-bond donors (Lipinski definition) is 3. The molecule has 0 saturated carbocycles. The lowest BCUT2D eigenvalue weighted by Gasteiger charge is -2.07. The fourth-order valence-electron chi connectivity index (χ4n) is 1.50. The Bertz CT molecular complexity index is 479. The van der Waals surface area contributed by atoms with Crippen LogP contribution in [0.25, 0.3) is 0 Å². The Kier molecular flexibility index (Phi) is 7.14. The van der Waals surface area contributed by atoms with Gasteiger partial charge in [-0.25, -0.2) is 24.0 Å². The van der Waals surface area contributed by atoms with E-state index >= 15 is 0 Å². The molecule has 0 aliphatic rings. The number of hydrazine groups is 1. The second-order valence-corrected chi connectivity index (χ2v) is 6.72. The van der Waals surface area contributed by atoms with Crippen molar-refractivity contribution in [2.24, 2.45) is 5.84 Å². The molecule has 0 bridgehead atoms. The van der Waals surface area contributed by atoms with Crippen molar-refractivity contribution in [1.29, 1.82) is 0 Å². The Morgan fingerprint density at radius 1 is 1.37 bits per heavy atom. The molecule has 1 heterocycles. The van der Waals surface area contributed by atoms with Gasteiger partial charge >= 0.3 is 0 Å². The van der Waals surface area contributed by atoms with Crippen LogP contribution in [0, 0.1) is 0 Å². The third-order valence-corrected chi connectivity index (χ3v) is 4.66. The summed E-state index contributed by atoms with van der Waals surface area (Å²) in [5.41, 5.74) is 2.32. The van der Waals surface area contributed by atoms with Crippen LogP contribution in [0.1, 0.15) is 19.3 Å². The first kappa shape index (κ1) is 16.2. The number of rotatable bonds is 9. The fraction of sp³-hybridized carbons (Fsp3) is 0.545. The summed E-state index contributed by atoms with van der Waals surface area (Å²) in [5.74, 6) is 6.64. The minimum Gasteiger partial charge on any atom is -0.308 e. The quantitative estimate of drug-likeness (QED) is 0.360. The van der Waals surface area contributed by atoms with Crippen LogP contribution in [0.3, 0.4) is 0 Å². The zero-order valence-electron chi connectivity index (χ0n) is 10.9. The van der Waals surface area contributed by atoms with Crippen LogP contribution in [0.15, 0.2) is 23.2 Å². The summed E-state index contributed by atoms with van der Waals surface area (Å²) < 4.78 is 26.5. The van der Waals surface area contributed by atoms with Crippen LogP contribution < -0.4 is 16.0 Å². The summed E-state index contributed by atoms with van der Waals surface area (Å²) in [4.78, 5) is 4.04. The lowest BCUT2D eigenvalue weighted by molar-refractivity contribution is 0.576. The largest absolute Gasteiger partial charge is 0.308 e. The Hall–Kier alpha value is -0.830. The Morgan fingerprint density at radius 2 is 2.16 bits per heavy atom. The normalized spacial score (nSPS) is 11.5. The molecule has 0 fully saturated rings. The van der Waals surface area contributed by atoms with E-state index in [0.29, 0.717) is 12.4 Å². The number of sulfonamides is 1. The van der Waals surface area contributed by atoms with Gasteiger partial charge in [0.15, 0.2) is 0 Å². The highest BCUT2D eigenvalue weighted by molar-refractivity contribution is 7.98. The van der Waals surface area contributed by atoms with E-state index in [-0.39, 0.29) is 4.90 Å². The molecule has 0 saturated heterocycles. The third-order valence-electron chi connectivity index (χ3n) is 2.51. The number of thioether (sulfide) groups is 1. The summed E-state index contributed by atoms with van der Waals surface area (Å²) in [6.45, 7) is 0.449. The Labute approximate surface area is 118 Å². The van der Waals surface area contributed by atoms with Crippen molar-refractivity contribution in [2.75, 3.05) is 24.0 Å². The number of nitrogens with two attached hydrogens (primary N) is 1. The topological polar surface area (TPSA) is 97.1 Å². The molecule has 0 aliphatic heterocycles. The highest BCUT2D eigenvalue weighted by Gasteiger charge is 2.13. The molecular formula is C11H20N4O2S2. The Balaban J connectivity index is 2.46. The number of hydrogen-bond acceptors (Lipinski definition) is 6. The van der Waals surface area contributed by atoms with Crippen molar-refractivity contribution in [2.45, 2.75) is 24.2 Å².